The maximum absolute atomic E-state index is 11.8. The van der Waals surface area contributed by atoms with Crippen LogP contribution >= 0.6 is 11.6 Å². The molecular weight excluding hydrogens is 264 g/mol. The van der Waals surface area contributed by atoms with Gasteiger partial charge in [0.05, 0.1) is 5.38 Å². The van der Waals surface area contributed by atoms with Gasteiger partial charge in [-0.2, -0.15) is 0 Å². The first kappa shape index (κ1) is 13.9. The number of carbonyl (C=O) groups excluding carboxylic acids is 2. The Morgan fingerprint density at radius 3 is 2.79 bits per heavy atom. The summed E-state index contributed by atoms with van der Waals surface area (Å²) < 4.78 is 0. The predicted molar refractivity (Wildman–Crippen MR) is 76.5 cm³/mol. The normalized spacial score (nSPS) is 19.1. The van der Waals surface area contributed by atoms with Gasteiger partial charge < -0.3 is 10.2 Å². The zero-order valence-corrected chi connectivity index (χ0v) is 11.8. The van der Waals surface area contributed by atoms with Crippen LogP contribution in [0.4, 0.5) is 11.4 Å². The molecule has 2 rings (SSSR count). The Kier molecular flexibility index (Phi) is 4.10. The van der Waals surface area contributed by atoms with E-state index < -0.39 is 0 Å². The van der Waals surface area contributed by atoms with E-state index in [1.54, 1.807) is 11.0 Å². The Bertz CT molecular complexity index is 502. The lowest BCUT2D eigenvalue weighted by Gasteiger charge is -2.17. The molecule has 1 N–H and O–H groups in total. The van der Waals surface area contributed by atoms with E-state index in [4.69, 9.17) is 11.6 Å². The molecule has 1 aliphatic heterocycles. The smallest absolute Gasteiger partial charge is 0.228 e. The van der Waals surface area contributed by atoms with E-state index in [1.165, 1.54) is 0 Å². The molecule has 0 aliphatic carbocycles. The van der Waals surface area contributed by atoms with Crippen LogP contribution < -0.4 is 10.2 Å². The first-order chi connectivity index (χ1) is 8.97. The minimum atomic E-state index is -0.138. The number of hydrogen-bond donors (Lipinski definition) is 1. The second kappa shape index (κ2) is 5.61. The van der Waals surface area contributed by atoms with Gasteiger partial charge in [0.25, 0.3) is 0 Å². The minimum absolute atomic E-state index is 0.0207. The molecule has 1 saturated heterocycles. The van der Waals surface area contributed by atoms with E-state index in [0.29, 0.717) is 18.7 Å². The third-order valence-corrected chi connectivity index (χ3v) is 3.32. The van der Waals surface area contributed by atoms with Gasteiger partial charge >= 0.3 is 0 Å². The van der Waals surface area contributed by atoms with Crippen molar-refractivity contribution in [1.29, 1.82) is 0 Å². The number of nitrogens with zero attached hydrogens (tertiary/aromatic N) is 1. The summed E-state index contributed by atoms with van der Waals surface area (Å²) in [6, 6.07) is 7.27. The molecule has 19 heavy (non-hydrogen) atoms. The number of hydrogen-bond acceptors (Lipinski definition) is 2. The average Bonchev–Trinajstić information content (AvgIpc) is 2.68. The molecule has 1 unspecified atom stereocenters. The number of benzene rings is 1. The highest BCUT2D eigenvalue weighted by atomic mass is 35.5. The molecule has 1 heterocycles. The molecule has 2 amide bonds. The minimum Gasteiger partial charge on any atom is -0.326 e. The summed E-state index contributed by atoms with van der Waals surface area (Å²) >= 11 is 5.99. The highest BCUT2D eigenvalue weighted by Crippen LogP contribution is 2.26. The first-order valence-electron chi connectivity index (χ1n) is 6.32. The van der Waals surface area contributed by atoms with Crippen molar-refractivity contribution in [2.75, 3.05) is 16.8 Å². The van der Waals surface area contributed by atoms with Gasteiger partial charge in [-0.1, -0.05) is 19.9 Å². The van der Waals surface area contributed by atoms with Gasteiger partial charge in [0.1, 0.15) is 0 Å². The van der Waals surface area contributed by atoms with Gasteiger partial charge in [-0.25, -0.2) is 0 Å². The lowest BCUT2D eigenvalue weighted by Crippen LogP contribution is -2.25. The first-order valence-corrected chi connectivity index (χ1v) is 6.76. The summed E-state index contributed by atoms with van der Waals surface area (Å²) in [5, 5.41) is 2.68. The quantitative estimate of drug-likeness (QED) is 0.866. The van der Waals surface area contributed by atoms with E-state index >= 15 is 0 Å². The number of nitrogens with one attached hydrogen (secondary N) is 1. The van der Waals surface area contributed by atoms with Crippen LogP contribution in [0.2, 0.25) is 0 Å². The summed E-state index contributed by atoms with van der Waals surface area (Å²) in [5.74, 6) is -0.100. The Hall–Kier alpha value is -1.55. The van der Waals surface area contributed by atoms with E-state index in [0.717, 1.165) is 5.69 Å². The summed E-state index contributed by atoms with van der Waals surface area (Å²) in [6.07, 6.45) is 0.365. The van der Waals surface area contributed by atoms with Gasteiger partial charge in [-0.15, -0.1) is 11.6 Å². The van der Waals surface area contributed by atoms with E-state index in [-0.39, 0.29) is 23.1 Å². The average molecular weight is 281 g/mol. The number of anilines is 2. The monoisotopic (exact) mass is 280 g/mol. The van der Waals surface area contributed by atoms with Crippen molar-refractivity contribution in [3.8, 4) is 0 Å². The highest BCUT2D eigenvalue weighted by Gasteiger charge is 2.29. The maximum Gasteiger partial charge on any atom is 0.228 e. The molecular formula is C14H17ClN2O2. The van der Waals surface area contributed by atoms with Crippen molar-refractivity contribution in [3.05, 3.63) is 24.3 Å². The summed E-state index contributed by atoms with van der Waals surface area (Å²) in [7, 11) is 0. The number of amides is 2. The van der Waals surface area contributed by atoms with Crippen molar-refractivity contribution in [3.63, 3.8) is 0 Å². The molecule has 1 aliphatic rings. The molecule has 0 aromatic heterocycles. The van der Waals surface area contributed by atoms with Gasteiger partial charge in [-0.05, 0) is 18.2 Å². The summed E-state index contributed by atoms with van der Waals surface area (Å²) in [6.45, 7) is 4.19. The van der Waals surface area contributed by atoms with Crippen LogP contribution in [0, 0.1) is 5.92 Å². The maximum atomic E-state index is 11.8. The third kappa shape index (κ3) is 3.26. The van der Waals surface area contributed by atoms with Crippen LogP contribution in [0.25, 0.3) is 0 Å². The third-order valence-electron chi connectivity index (χ3n) is 3.03. The van der Waals surface area contributed by atoms with Crippen molar-refractivity contribution in [2.45, 2.75) is 25.6 Å². The van der Waals surface area contributed by atoms with Crippen molar-refractivity contribution in [1.82, 2.24) is 0 Å². The van der Waals surface area contributed by atoms with Crippen LogP contribution in [0.3, 0.4) is 0 Å². The summed E-state index contributed by atoms with van der Waals surface area (Å²) in [5.41, 5.74) is 1.47. The topological polar surface area (TPSA) is 49.4 Å². The molecule has 0 saturated carbocycles. The Morgan fingerprint density at radius 2 is 2.21 bits per heavy atom. The standard InChI is InChI=1S/C14H17ClN2O2/c1-9(2)14(19)16-11-4-3-5-12(7-11)17-8-10(15)6-13(17)18/h3-5,7,9-10H,6,8H2,1-2H3,(H,16,19). The largest absolute Gasteiger partial charge is 0.326 e. The Balaban J connectivity index is 2.15. The van der Waals surface area contributed by atoms with E-state index in [1.807, 2.05) is 32.0 Å². The molecule has 4 nitrogen and oxygen atoms in total. The fourth-order valence-electron chi connectivity index (χ4n) is 1.95. The lowest BCUT2D eigenvalue weighted by molar-refractivity contribution is -0.119. The zero-order valence-electron chi connectivity index (χ0n) is 11.0. The van der Waals surface area contributed by atoms with Crippen molar-refractivity contribution >= 4 is 34.8 Å². The molecule has 1 aromatic carbocycles. The second-order valence-electron chi connectivity index (χ2n) is 5.00. The lowest BCUT2D eigenvalue weighted by atomic mass is 10.2. The zero-order chi connectivity index (χ0) is 14.0. The number of rotatable bonds is 3. The van der Waals surface area contributed by atoms with Gasteiger partial charge in [-0.3, -0.25) is 9.59 Å². The van der Waals surface area contributed by atoms with Crippen LogP contribution in [-0.4, -0.2) is 23.7 Å². The Labute approximate surface area is 117 Å². The SMILES string of the molecule is CC(C)C(=O)Nc1cccc(N2CC(Cl)CC2=O)c1. The summed E-state index contributed by atoms with van der Waals surface area (Å²) in [4.78, 5) is 25.1. The fraction of sp³-hybridized carbons (Fsp3) is 0.429. The fourth-order valence-corrected chi connectivity index (χ4v) is 2.22. The number of halogens is 1. The Morgan fingerprint density at radius 1 is 1.47 bits per heavy atom. The number of carbonyl (C=O) groups is 2. The highest BCUT2D eigenvalue weighted by molar-refractivity contribution is 6.24. The molecule has 0 spiro atoms. The molecule has 1 atom stereocenters. The van der Waals surface area contributed by atoms with Crippen LogP contribution in [-0.2, 0) is 9.59 Å². The van der Waals surface area contributed by atoms with Crippen LogP contribution in [0.5, 0.6) is 0 Å². The molecule has 0 radical (unpaired) electrons. The van der Waals surface area contributed by atoms with Crippen molar-refractivity contribution < 1.29 is 9.59 Å². The van der Waals surface area contributed by atoms with E-state index in [9.17, 15) is 9.59 Å². The van der Waals surface area contributed by atoms with Crippen LogP contribution in [0.15, 0.2) is 24.3 Å². The molecule has 1 fully saturated rings. The molecule has 1 aromatic rings. The van der Waals surface area contributed by atoms with Crippen LogP contribution in [0.1, 0.15) is 20.3 Å². The van der Waals surface area contributed by atoms with Gasteiger partial charge in [0.15, 0.2) is 0 Å². The molecule has 5 heteroatoms. The van der Waals surface area contributed by atoms with Gasteiger partial charge in [0.2, 0.25) is 11.8 Å². The van der Waals surface area contributed by atoms with Crippen molar-refractivity contribution in [2.24, 2.45) is 5.92 Å². The predicted octanol–water partition coefficient (Wildman–Crippen LogP) is 2.63. The second-order valence-corrected chi connectivity index (χ2v) is 5.62. The number of alkyl halides is 1. The molecule has 0 bridgehead atoms. The van der Waals surface area contributed by atoms with E-state index in [2.05, 4.69) is 5.32 Å². The molecule has 102 valence electrons. The van der Waals surface area contributed by atoms with Gasteiger partial charge in [0, 0.05) is 30.3 Å².